The van der Waals surface area contributed by atoms with Crippen molar-refractivity contribution in [1.82, 2.24) is 10.6 Å². The fourth-order valence-corrected chi connectivity index (χ4v) is 7.49. The summed E-state index contributed by atoms with van der Waals surface area (Å²) >= 11 is 0. The van der Waals surface area contributed by atoms with Crippen LogP contribution in [-0.2, 0) is 87.1 Å². The highest BCUT2D eigenvalue weighted by Crippen LogP contribution is 2.32. The Morgan fingerprint density at radius 2 is 0.897 bits per heavy atom. The largest absolute Gasteiger partial charge is 0.460 e. The molecule has 0 bridgehead atoms. The monoisotopic (exact) mass is 922 g/mol. The third-order valence-corrected chi connectivity index (χ3v) is 11.1. The Kier molecular flexibility index (Phi) is 19.2. The molecule has 0 unspecified atom stereocenters. The standard InChI is InChI=1S/C55H58N2O11/c1-40(49(57-55(60)66-38-46-30-18-7-19-31-46)53(59)56-32-48(58)62-34-42-22-10-3-11-23-42)67-54-52(65-37-45-28-16-6-17-29-45)51(64-36-44-26-14-5-15-27-44)50(63-35-43-24-12-4-13-25-43)47(68-54)39-61-33-41-20-8-2-9-21-41/h2-31,40,47,49-52,54H,32-39H2,1H3,(H,56,59)(H,57,60)/t40-,47-,49+,50+,51+,52-,54+/m1/s1. The molecule has 0 aromatic heterocycles. The molecule has 1 saturated heterocycles. The molecular weight excluding hydrogens is 865 g/mol. The number of carbonyl (C=O) groups is 3. The first-order valence-corrected chi connectivity index (χ1v) is 22.7. The zero-order chi connectivity index (χ0) is 47.2. The zero-order valence-electron chi connectivity index (χ0n) is 38.0. The fraction of sp³-hybridized carbons (Fsp3) is 0.291. The molecule has 1 heterocycles. The van der Waals surface area contributed by atoms with Crippen molar-refractivity contribution in [1.29, 1.82) is 0 Å². The summed E-state index contributed by atoms with van der Waals surface area (Å²) in [5.41, 5.74) is 5.24. The van der Waals surface area contributed by atoms with Crippen molar-refractivity contribution in [2.75, 3.05) is 13.2 Å². The van der Waals surface area contributed by atoms with Gasteiger partial charge >= 0.3 is 12.1 Å². The Balaban J connectivity index is 1.17. The van der Waals surface area contributed by atoms with Crippen LogP contribution in [0.1, 0.15) is 40.3 Å². The van der Waals surface area contributed by atoms with Gasteiger partial charge in [-0.15, -0.1) is 0 Å². The number of carbonyl (C=O) groups excluding carboxylic acids is 3. The minimum absolute atomic E-state index is 0.0196. The fourth-order valence-electron chi connectivity index (χ4n) is 7.49. The Labute approximate surface area is 397 Å². The lowest BCUT2D eigenvalue weighted by Crippen LogP contribution is -2.63. The number of benzene rings is 6. The van der Waals surface area contributed by atoms with Crippen LogP contribution in [0.15, 0.2) is 182 Å². The summed E-state index contributed by atoms with van der Waals surface area (Å²) in [4.78, 5) is 40.5. The summed E-state index contributed by atoms with van der Waals surface area (Å²) in [6.45, 7) is 2.04. The number of amides is 2. The van der Waals surface area contributed by atoms with Crippen LogP contribution in [-0.4, -0.2) is 74.0 Å². The highest BCUT2D eigenvalue weighted by atomic mass is 16.7. The molecule has 0 spiro atoms. The second-order valence-corrected chi connectivity index (χ2v) is 16.2. The Bertz CT molecular complexity index is 2380. The van der Waals surface area contributed by atoms with Crippen LogP contribution in [0.3, 0.4) is 0 Å². The molecule has 0 radical (unpaired) electrons. The molecule has 13 heteroatoms. The highest BCUT2D eigenvalue weighted by Gasteiger charge is 2.50. The first-order valence-electron chi connectivity index (χ1n) is 22.7. The molecule has 7 atom stereocenters. The van der Waals surface area contributed by atoms with Gasteiger partial charge in [-0.1, -0.05) is 182 Å². The third-order valence-electron chi connectivity index (χ3n) is 11.1. The summed E-state index contributed by atoms with van der Waals surface area (Å²) in [6, 6.07) is 55.9. The van der Waals surface area contributed by atoms with E-state index in [0.717, 1.165) is 33.4 Å². The number of esters is 1. The Morgan fingerprint density at radius 1 is 0.500 bits per heavy atom. The second-order valence-electron chi connectivity index (χ2n) is 16.2. The smallest absolute Gasteiger partial charge is 0.408 e. The van der Waals surface area contributed by atoms with E-state index in [2.05, 4.69) is 10.6 Å². The van der Waals surface area contributed by atoms with Gasteiger partial charge in [0.15, 0.2) is 6.29 Å². The van der Waals surface area contributed by atoms with E-state index in [1.54, 1.807) is 6.92 Å². The normalized spacial score (nSPS) is 18.7. The van der Waals surface area contributed by atoms with E-state index in [1.165, 1.54) is 0 Å². The van der Waals surface area contributed by atoms with Crippen LogP contribution in [0.2, 0.25) is 0 Å². The Morgan fingerprint density at radius 3 is 1.37 bits per heavy atom. The molecule has 0 saturated carbocycles. The lowest BCUT2D eigenvalue weighted by atomic mass is 9.97. The molecule has 1 aliphatic heterocycles. The maximum absolute atomic E-state index is 14.1. The zero-order valence-corrected chi connectivity index (χ0v) is 38.0. The van der Waals surface area contributed by atoms with E-state index < -0.39 is 67.4 Å². The van der Waals surface area contributed by atoms with Crippen LogP contribution < -0.4 is 10.6 Å². The maximum atomic E-state index is 14.1. The average molecular weight is 923 g/mol. The van der Waals surface area contributed by atoms with Gasteiger partial charge in [-0.3, -0.25) is 9.59 Å². The van der Waals surface area contributed by atoms with Gasteiger partial charge in [0.25, 0.3) is 0 Å². The number of ether oxygens (including phenoxy) is 8. The number of hydrogen-bond acceptors (Lipinski definition) is 11. The van der Waals surface area contributed by atoms with Crippen LogP contribution in [0, 0.1) is 0 Å². The van der Waals surface area contributed by atoms with Gasteiger partial charge in [-0.25, -0.2) is 4.79 Å². The van der Waals surface area contributed by atoms with Gasteiger partial charge in [0.1, 0.15) is 50.2 Å². The minimum atomic E-state index is -1.40. The molecule has 6 aromatic carbocycles. The number of alkyl carbamates (subject to hydrolysis) is 1. The van der Waals surface area contributed by atoms with Crippen molar-refractivity contribution in [2.45, 2.75) is 89.4 Å². The molecule has 6 aromatic rings. The van der Waals surface area contributed by atoms with E-state index in [-0.39, 0.29) is 39.6 Å². The van der Waals surface area contributed by atoms with Gasteiger partial charge in [0.2, 0.25) is 5.91 Å². The summed E-state index contributed by atoms with van der Waals surface area (Å²) < 4.78 is 51.3. The van der Waals surface area contributed by atoms with Crippen molar-refractivity contribution in [3.8, 4) is 0 Å². The number of hydrogen-bond donors (Lipinski definition) is 2. The second kappa shape index (κ2) is 26.6. The van der Waals surface area contributed by atoms with Crippen LogP contribution in [0.25, 0.3) is 0 Å². The predicted octanol–water partition coefficient (Wildman–Crippen LogP) is 8.24. The Hall–Kier alpha value is -6.71. The van der Waals surface area contributed by atoms with Crippen LogP contribution >= 0.6 is 0 Å². The summed E-state index contributed by atoms with van der Waals surface area (Å²) in [5.74, 6) is -1.41. The van der Waals surface area contributed by atoms with E-state index >= 15 is 0 Å². The van der Waals surface area contributed by atoms with E-state index in [4.69, 9.17) is 37.9 Å². The maximum Gasteiger partial charge on any atom is 0.408 e. The highest BCUT2D eigenvalue weighted by molar-refractivity contribution is 5.88. The van der Waals surface area contributed by atoms with Crippen molar-refractivity contribution in [3.63, 3.8) is 0 Å². The summed E-state index contributed by atoms with van der Waals surface area (Å²) in [6.07, 6.45) is -6.54. The molecule has 7 rings (SSSR count). The first-order chi connectivity index (χ1) is 33.4. The van der Waals surface area contributed by atoms with Gasteiger partial charge in [0.05, 0.1) is 39.1 Å². The molecular formula is C55H58N2O11. The first kappa shape index (κ1) is 49.2. The van der Waals surface area contributed by atoms with Crippen molar-refractivity contribution in [3.05, 3.63) is 215 Å². The van der Waals surface area contributed by atoms with Gasteiger partial charge < -0.3 is 48.5 Å². The number of nitrogens with one attached hydrogen (secondary N) is 2. The number of rotatable bonds is 24. The van der Waals surface area contributed by atoms with E-state index in [0.29, 0.717) is 6.61 Å². The minimum Gasteiger partial charge on any atom is -0.460 e. The molecule has 2 N–H and O–H groups in total. The molecule has 68 heavy (non-hydrogen) atoms. The van der Waals surface area contributed by atoms with Crippen molar-refractivity contribution in [2.24, 2.45) is 0 Å². The molecule has 354 valence electrons. The SMILES string of the molecule is C[C@@H](O[C@H]1O[C@H](COCc2ccccc2)[C@H](OCc2ccccc2)[C@H](OCc2ccccc2)[C@H]1OCc1ccccc1)[C@H](NC(=O)OCc1ccccc1)C(=O)NCC(=O)OCc1ccccc1. The van der Waals surface area contributed by atoms with Crippen LogP contribution in [0.4, 0.5) is 4.79 Å². The molecule has 1 fully saturated rings. The van der Waals surface area contributed by atoms with E-state index in [9.17, 15) is 14.4 Å². The topological polar surface area (TPSA) is 149 Å². The van der Waals surface area contributed by atoms with Crippen LogP contribution in [0.5, 0.6) is 0 Å². The van der Waals surface area contributed by atoms with Crippen molar-refractivity contribution >= 4 is 18.0 Å². The van der Waals surface area contributed by atoms with Gasteiger partial charge in [-0.2, -0.15) is 0 Å². The molecule has 1 aliphatic rings. The van der Waals surface area contributed by atoms with E-state index in [1.807, 2.05) is 182 Å². The average Bonchev–Trinajstić information content (AvgIpc) is 3.38. The summed E-state index contributed by atoms with van der Waals surface area (Å²) in [5, 5.41) is 5.28. The van der Waals surface area contributed by atoms with Gasteiger partial charge in [0, 0.05) is 0 Å². The predicted molar refractivity (Wildman–Crippen MR) is 253 cm³/mol. The van der Waals surface area contributed by atoms with Gasteiger partial charge in [-0.05, 0) is 40.3 Å². The molecule has 2 amide bonds. The third kappa shape index (κ3) is 15.7. The molecule has 0 aliphatic carbocycles. The lowest BCUT2D eigenvalue weighted by Gasteiger charge is -2.46. The van der Waals surface area contributed by atoms with Crippen molar-refractivity contribution < 1.29 is 52.3 Å². The lowest BCUT2D eigenvalue weighted by molar-refractivity contribution is -0.336. The molecule has 13 nitrogen and oxygen atoms in total. The quantitative estimate of drug-likeness (QED) is 0.0566. The summed E-state index contributed by atoms with van der Waals surface area (Å²) in [7, 11) is 0.